The third-order valence-corrected chi connectivity index (χ3v) is 7.44. The van der Waals surface area contributed by atoms with Crippen LogP contribution in [-0.2, 0) is 15.9 Å². The van der Waals surface area contributed by atoms with Gasteiger partial charge < -0.3 is 23.8 Å². The molecule has 1 fully saturated rings. The van der Waals surface area contributed by atoms with E-state index in [9.17, 15) is 9.59 Å². The summed E-state index contributed by atoms with van der Waals surface area (Å²) in [7, 11) is 0. The minimum absolute atomic E-state index is 0.307. The Bertz CT molecular complexity index is 1310. The van der Waals surface area contributed by atoms with Crippen molar-refractivity contribution in [2.75, 3.05) is 26.2 Å². The van der Waals surface area contributed by atoms with Crippen molar-refractivity contribution < 1.29 is 19.1 Å². The number of carbonyl (C=O) groups is 2. The highest BCUT2D eigenvalue weighted by molar-refractivity contribution is 5.74. The van der Waals surface area contributed by atoms with Gasteiger partial charge in [-0.3, -0.25) is 0 Å². The summed E-state index contributed by atoms with van der Waals surface area (Å²) in [6.45, 7) is 13.5. The second-order valence-electron chi connectivity index (χ2n) is 13.3. The topological polar surface area (TPSA) is 89.8 Å². The Labute approximate surface area is 250 Å². The lowest BCUT2D eigenvalue weighted by molar-refractivity contribution is 0.0186. The van der Waals surface area contributed by atoms with E-state index in [4.69, 9.17) is 9.47 Å². The van der Waals surface area contributed by atoms with Crippen molar-refractivity contribution in [3.63, 3.8) is 0 Å². The molecule has 0 aliphatic heterocycles. The largest absolute Gasteiger partial charge is 0.444 e. The Morgan fingerprint density at radius 1 is 0.905 bits per heavy atom. The molecule has 2 amide bonds. The van der Waals surface area contributed by atoms with Crippen LogP contribution >= 0.6 is 0 Å². The number of aromatic nitrogens is 3. The fraction of sp³-hybridized carbons (Fsp3) is 0.576. The number of amides is 2. The summed E-state index contributed by atoms with van der Waals surface area (Å²) in [6.07, 6.45) is 9.28. The Balaban J connectivity index is 1.39. The van der Waals surface area contributed by atoms with E-state index < -0.39 is 11.2 Å². The minimum Gasteiger partial charge on any atom is -0.444 e. The zero-order valence-corrected chi connectivity index (χ0v) is 26.1. The fourth-order valence-corrected chi connectivity index (χ4v) is 5.54. The summed E-state index contributed by atoms with van der Waals surface area (Å²) in [5.74, 6) is 0.349. The third-order valence-electron chi connectivity index (χ3n) is 7.44. The predicted molar refractivity (Wildman–Crippen MR) is 164 cm³/mol. The Kier molecular flexibility index (Phi) is 10.1. The van der Waals surface area contributed by atoms with E-state index in [1.54, 1.807) is 11.2 Å². The quantitative estimate of drug-likeness (QED) is 0.261. The average Bonchev–Trinajstić information content (AvgIpc) is 3.55. The molecule has 42 heavy (non-hydrogen) atoms. The predicted octanol–water partition coefficient (Wildman–Crippen LogP) is 6.88. The molecule has 0 spiro atoms. The Morgan fingerprint density at radius 3 is 2.26 bits per heavy atom. The smallest absolute Gasteiger partial charge is 0.410 e. The van der Waals surface area contributed by atoms with Crippen LogP contribution < -0.4 is 0 Å². The van der Waals surface area contributed by atoms with Gasteiger partial charge in [0.05, 0.1) is 0 Å². The van der Waals surface area contributed by atoms with Crippen molar-refractivity contribution in [3.8, 4) is 0 Å². The number of carbonyl (C=O) groups excluding carboxylic acids is 2. The lowest BCUT2D eigenvalue weighted by atomic mass is 10.1. The van der Waals surface area contributed by atoms with Crippen LogP contribution in [0.15, 0.2) is 55.1 Å². The average molecular weight is 578 g/mol. The highest BCUT2D eigenvalue weighted by atomic mass is 16.6. The number of rotatable bonds is 10. The molecular formula is C33H47N5O4. The third kappa shape index (κ3) is 9.19. The molecule has 9 heteroatoms. The molecule has 0 N–H and O–H groups in total. The number of nitrogens with zero attached hydrogens (tertiary/aromatic N) is 5. The number of hydrogen-bond acceptors (Lipinski definition) is 6. The molecule has 0 unspecified atom stereocenters. The summed E-state index contributed by atoms with van der Waals surface area (Å²) >= 11 is 0. The van der Waals surface area contributed by atoms with Crippen molar-refractivity contribution in [2.24, 2.45) is 5.92 Å². The van der Waals surface area contributed by atoms with Crippen LogP contribution in [0, 0.1) is 5.92 Å². The van der Waals surface area contributed by atoms with E-state index in [0.29, 0.717) is 44.6 Å². The first-order valence-corrected chi connectivity index (χ1v) is 15.1. The van der Waals surface area contributed by atoms with Crippen molar-refractivity contribution in [3.05, 3.63) is 60.7 Å². The van der Waals surface area contributed by atoms with Gasteiger partial charge in [-0.15, -0.1) is 0 Å². The molecule has 1 aliphatic rings. The van der Waals surface area contributed by atoms with Crippen LogP contribution in [0.1, 0.15) is 78.8 Å². The molecule has 4 rings (SSSR count). The molecule has 0 bridgehead atoms. The number of fused-ring (bicyclic) bond motifs is 1. The molecule has 0 radical (unpaired) electrons. The number of hydrogen-bond donors (Lipinski definition) is 0. The maximum Gasteiger partial charge on any atom is 0.410 e. The van der Waals surface area contributed by atoms with Gasteiger partial charge in [0.15, 0.2) is 0 Å². The van der Waals surface area contributed by atoms with Gasteiger partial charge in [-0.25, -0.2) is 19.6 Å². The SMILES string of the molecule is CC(C)(C)OC(=O)N(CCCN(C[C@@H]1CC[C@H](n2ccc3cncnc32)C1)C(=O)OC(C)(C)C)CCc1ccccc1. The van der Waals surface area contributed by atoms with E-state index in [2.05, 4.69) is 38.9 Å². The van der Waals surface area contributed by atoms with E-state index >= 15 is 0 Å². The van der Waals surface area contributed by atoms with Crippen molar-refractivity contribution >= 4 is 23.2 Å². The van der Waals surface area contributed by atoms with Gasteiger partial charge in [-0.2, -0.15) is 0 Å². The summed E-state index contributed by atoms with van der Waals surface area (Å²) in [4.78, 5) is 38.6. The van der Waals surface area contributed by atoms with Crippen molar-refractivity contribution in [1.82, 2.24) is 24.3 Å². The molecular weight excluding hydrogens is 530 g/mol. The van der Waals surface area contributed by atoms with Crippen LogP contribution in [0.4, 0.5) is 9.59 Å². The molecule has 1 aliphatic carbocycles. The van der Waals surface area contributed by atoms with Gasteiger partial charge in [-0.05, 0) is 91.2 Å². The zero-order valence-electron chi connectivity index (χ0n) is 26.1. The molecule has 1 aromatic carbocycles. The second-order valence-corrected chi connectivity index (χ2v) is 13.3. The van der Waals surface area contributed by atoms with Gasteiger partial charge in [0.25, 0.3) is 0 Å². The molecule has 228 valence electrons. The first kappa shape index (κ1) is 31.3. The van der Waals surface area contributed by atoms with Crippen LogP contribution in [0.3, 0.4) is 0 Å². The molecule has 2 heterocycles. The standard InChI is InChI=1S/C33H47N5O4/c1-32(2,3)41-30(39)36(19-15-25-11-8-7-9-12-25)17-10-18-37(31(40)42-33(4,5)6)23-26-13-14-28(21-26)38-20-16-27-22-34-24-35-29(27)38/h7-9,11-12,16,20,22,24,26,28H,10,13-15,17-19,21,23H2,1-6H3/t26-,28+/m1/s1. The van der Waals surface area contributed by atoms with Crippen molar-refractivity contribution in [1.29, 1.82) is 0 Å². The van der Waals surface area contributed by atoms with Crippen LogP contribution in [0.2, 0.25) is 0 Å². The minimum atomic E-state index is -0.588. The monoisotopic (exact) mass is 577 g/mol. The molecule has 9 nitrogen and oxygen atoms in total. The molecule has 1 saturated carbocycles. The van der Waals surface area contributed by atoms with Gasteiger partial charge in [-0.1, -0.05) is 30.3 Å². The second kappa shape index (κ2) is 13.6. The van der Waals surface area contributed by atoms with Crippen LogP contribution in [0.5, 0.6) is 0 Å². The van der Waals surface area contributed by atoms with Crippen LogP contribution in [-0.4, -0.2) is 73.9 Å². The summed E-state index contributed by atoms with van der Waals surface area (Å²) < 4.78 is 13.8. The normalized spacial score (nSPS) is 17.3. The van der Waals surface area contributed by atoms with E-state index in [-0.39, 0.29) is 12.2 Å². The summed E-state index contributed by atoms with van der Waals surface area (Å²) in [5.41, 5.74) is 0.951. The van der Waals surface area contributed by atoms with Gasteiger partial charge in [0.2, 0.25) is 0 Å². The lowest BCUT2D eigenvalue weighted by Gasteiger charge is -2.31. The fourth-order valence-electron chi connectivity index (χ4n) is 5.54. The first-order chi connectivity index (χ1) is 19.9. The first-order valence-electron chi connectivity index (χ1n) is 15.1. The van der Waals surface area contributed by atoms with E-state index in [1.807, 2.05) is 70.8 Å². The lowest BCUT2D eigenvalue weighted by Crippen LogP contribution is -2.42. The van der Waals surface area contributed by atoms with Gasteiger partial charge >= 0.3 is 12.2 Å². The zero-order chi connectivity index (χ0) is 30.3. The van der Waals surface area contributed by atoms with E-state index in [1.165, 1.54) is 5.56 Å². The highest BCUT2D eigenvalue weighted by Crippen LogP contribution is 2.37. The highest BCUT2D eigenvalue weighted by Gasteiger charge is 2.31. The van der Waals surface area contributed by atoms with Crippen LogP contribution in [0.25, 0.3) is 11.0 Å². The summed E-state index contributed by atoms with van der Waals surface area (Å²) in [6, 6.07) is 12.5. The molecule has 0 saturated heterocycles. The molecule has 2 aromatic heterocycles. The number of benzene rings is 1. The van der Waals surface area contributed by atoms with E-state index in [0.717, 1.165) is 36.7 Å². The maximum absolute atomic E-state index is 13.3. The maximum atomic E-state index is 13.3. The number of ether oxygens (including phenoxy) is 2. The van der Waals surface area contributed by atoms with Gasteiger partial charge in [0, 0.05) is 50.0 Å². The van der Waals surface area contributed by atoms with Crippen molar-refractivity contribution in [2.45, 2.75) is 90.9 Å². The molecule has 2 atom stereocenters. The Hall–Kier alpha value is -3.62. The summed E-state index contributed by atoms with van der Waals surface area (Å²) in [5, 5.41) is 1.04. The molecule has 3 aromatic rings. The van der Waals surface area contributed by atoms with Gasteiger partial charge in [0.1, 0.15) is 23.2 Å². The Morgan fingerprint density at radius 2 is 1.57 bits per heavy atom.